The predicted molar refractivity (Wildman–Crippen MR) is 119 cm³/mol. The van der Waals surface area contributed by atoms with Gasteiger partial charge in [0.05, 0.1) is 17.6 Å². The number of hydrogen-bond donors (Lipinski definition) is 1. The minimum atomic E-state index is -0.108. The molecule has 30 heavy (non-hydrogen) atoms. The standard InChI is InChI=1S/C23H27N5O2/c1-27-16-21(15-25-27)28(2)23(17-6-4-11-30-12-10-17)26-20-7-3-5-18(13-20)19-8-9-22(29)24-14-19/h3,5,7-9,13-17H,4,6,10-12H2,1-2H3,(H,24,29). The average Bonchev–Trinajstić information content (AvgIpc) is 3.02. The molecular weight excluding hydrogens is 378 g/mol. The average molecular weight is 406 g/mol. The second kappa shape index (κ2) is 9.09. The molecule has 156 valence electrons. The molecule has 1 aliphatic rings. The van der Waals surface area contributed by atoms with Crippen LogP contribution in [0.15, 0.2) is 64.8 Å². The minimum absolute atomic E-state index is 0.108. The van der Waals surface area contributed by atoms with Crippen molar-refractivity contribution < 1.29 is 4.74 Å². The fraction of sp³-hybridized carbons (Fsp3) is 0.348. The van der Waals surface area contributed by atoms with E-state index in [2.05, 4.69) is 21.0 Å². The molecule has 1 atom stereocenters. The second-order valence-electron chi connectivity index (χ2n) is 7.63. The molecule has 1 N–H and O–H groups in total. The number of H-pyrrole nitrogens is 1. The van der Waals surface area contributed by atoms with Crippen LogP contribution in [0.1, 0.15) is 19.3 Å². The number of aromatic nitrogens is 3. The number of pyridine rings is 1. The van der Waals surface area contributed by atoms with Crippen LogP contribution in [0.3, 0.4) is 0 Å². The molecule has 0 spiro atoms. The van der Waals surface area contributed by atoms with Crippen LogP contribution >= 0.6 is 0 Å². The molecule has 2 aromatic heterocycles. The zero-order valence-corrected chi connectivity index (χ0v) is 17.4. The van der Waals surface area contributed by atoms with E-state index in [1.54, 1.807) is 16.9 Å². The van der Waals surface area contributed by atoms with Gasteiger partial charge in [-0.25, -0.2) is 4.99 Å². The molecule has 1 aromatic carbocycles. The van der Waals surface area contributed by atoms with Gasteiger partial charge in [0, 0.05) is 51.7 Å². The highest BCUT2D eigenvalue weighted by atomic mass is 16.5. The Morgan fingerprint density at radius 3 is 2.90 bits per heavy atom. The molecule has 1 saturated heterocycles. The van der Waals surface area contributed by atoms with Gasteiger partial charge < -0.3 is 14.6 Å². The van der Waals surface area contributed by atoms with Crippen molar-refractivity contribution in [3.63, 3.8) is 0 Å². The predicted octanol–water partition coefficient (Wildman–Crippen LogP) is 3.76. The third kappa shape index (κ3) is 4.68. The minimum Gasteiger partial charge on any atom is -0.381 e. The molecule has 1 aliphatic heterocycles. The molecule has 3 aromatic rings. The van der Waals surface area contributed by atoms with E-state index in [0.29, 0.717) is 5.92 Å². The van der Waals surface area contributed by atoms with Gasteiger partial charge in [0.1, 0.15) is 5.84 Å². The van der Waals surface area contributed by atoms with Gasteiger partial charge in [-0.15, -0.1) is 0 Å². The summed E-state index contributed by atoms with van der Waals surface area (Å²) >= 11 is 0. The first-order valence-corrected chi connectivity index (χ1v) is 10.3. The zero-order valence-electron chi connectivity index (χ0n) is 17.4. The van der Waals surface area contributed by atoms with Crippen LogP contribution in [0.4, 0.5) is 11.4 Å². The highest BCUT2D eigenvalue weighted by Gasteiger charge is 2.23. The normalized spacial score (nSPS) is 17.5. The van der Waals surface area contributed by atoms with Gasteiger partial charge in [0.15, 0.2) is 0 Å². The number of benzene rings is 1. The highest BCUT2D eigenvalue weighted by molar-refractivity contribution is 6.00. The third-order valence-electron chi connectivity index (χ3n) is 5.45. The number of aryl methyl sites for hydroxylation is 1. The Morgan fingerprint density at radius 1 is 1.23 bits per heavy atom. The van der Waals surface area contributed by atoms with Gasteiger partial charge >= 0.3 is 0 Å². The first-order chi connectivity index (χ1) is 14.6. The number of nitrogens with zero attached hydrogens (tertiary/aromatic N) is 4. The monoisotopic (exact) mass is 405 g/mol. The van der Waals surface area contributed by atoms with Crippen LogP contribution in [0.5, 0.6) is 0 Å². The summed E-state index contributed by atoms with van der Waals surface area (Å²) in [6.07, 6.45) is 8.61. The lowest BCUT2D eigenvalue weighted by Crippen LogP contribution is -2.33. The molecular formula is C23H27N5O2. The molecule has 0 radical (unpaired) electrons. The summed E-state index contributed by atoms with van der Waals surface area (Å²) in [6, 6.07) is 11.5. The number of rotatable bonds is 4. The SMILES string of the molecule is CN(C(=Nc1cccc(-c2ccc(=O)[nH]c2)c1)C1CCCOCC1)c1cnn(C)c1. The maximum Gasteiger partial charge on any atom is 0.247 e. The van der Waals surface area contributed by atoms with Crippen LogP contribution < -0.4 is 10.5 Å². The van der Waals surface area contributed by atoms with Crippen molar-refractivity contribution >= 4 is 17.2 Å². The van der Waals surface area contributed by atoms with E-state index in [9.17, 15) is 4.79 Å². The summed E-state index contributed by atoms with van der Waals surface area (Å²) < 4.78 is 7.48. The van der Waals surface area contributed by atoms with Crippen molar-refractivity contribution in [1.29, 1.82) is 0 Å². The molecule has 7 nitrogen and oxygen atoms in total. The van der Waals surface area contributed by atoms with Gasteiger partial charge in [-0.2, -0.15) is 5.10 Å². The number of aliphatic imine (C=N–C) groups is 1. The van der Waals surface area contributed by atoms with Crippen molar-refractivity contribution in [1.82, 2.24) is 14.8 Å². The summed E-state index contributed by atoms with van der Waals surface area (Å²) in [5.74, 6) is 1.33. The molecule has 3 heterocycles. The van der Waals surface area contributed by atoms with E-state index in [1.165, 1.54) is 0 Å². The topological polar surface area (TPSA) is 75.5 Å². The summed E-state index contributed by atoms with van der Waals surface area (Å²) in [5.41, 5.74) is 3.76. The molecule has 0 bridgehead atoms. The van der Waals surface area contributed by atoms with Gasteiger partial charge in [-0.3, -0.25) is 9.48 Å². The Bertz CT molecular complexity index is 1060. The number of ether oxygens (including phenoxy) is 1. The highest BCUT2D eigenvalue weighted by Crippen LogP contribution is 2.28. The molecule has 1 unspecified atom stereocenters. The number of amidine groups is 1. The number of hydrogen-bond acceptors (Lipinski definition) is 4. The van der Waals surface area contributed by atoms with E-state index in [0.717, 1.165) is 60.8 Å². The largest absolute Gasteiger partial charge is 0.381 e. The molecule has 0 amide bonds. The summed E-state index contributed by atoms with van der Waals surface area (Å²) in [5, 5.41) is 4.32. The Labute approximate surface area is 176 Å². The van der Waals surface area contributed by atoms with E-state index in [4.69, 9.17) is 9.73 Å². The number of anilines is 1. The maximum atomic E-state index is 11.4. The van der Waals surface area contributed by atoms with Crippen molar-refractivity contribution in [2.45, 2.75) is 19.3 Å². The van der Waals surface area contributed by atoms with Crippen molar-refractivity contribution in [2.75, 3.05) is 25.2 Å². The lowest BCUT2D eigenvalue weighted by Gasteiger charge is -2.26. The molecule has 0 saturated carbocycles. The lowest BCUT2D eigenvalue weighted by molar-refractivity contribution is 0.143. The van der Waals surface area contributed by atoms with Gasteiger partial charge in [-0.1, -0.05) is 12.1 Å². The summed E-state index contributed by atoms with van der Waals surface area (Å²) in [4.78, 5) is 21.3. The Hall–Kier alpha value is -3.19. The number of nitrogens with one attached hydrogen (secondary N) is 1. The van der Waals surface area contributed by atoms with Crippen LogP contribution in [0.2, 0.25) is 0 Å². The maximum absolute atomic E-state index is 11.4. The Kier molecular flexibility index (Phi) is 6.09. The summed E-state index contributed by atoms with van der Waals surface area (Å²) in [6.45, 7) is 1.56. The first-order valence-electron chi connectivity index (χ1n) is 10.3. The van der Waals surface area contributed by atoms with E-state index in [-0.39, 0.29) is 5.56 Å². The Morgan fingerprint density at radius 2 is 2.13 bits per heavy atom. The van der Waals surface area contributed by atoms with Crippen molar-refractivity contribution in [2.24, 2.45) is 18.0 Å². The van der Waals surface area contributed by atoms with Crippen LogP contribution in [-0.2, 0) is 11.8 Å². The Balaban J connectivity index is 1.71. The van der Waals surface area contributed by atoms with Crippen molar-refractivity contribution in [3.05, 3.63) is 65.3 Å². The van der Waals surface area contributed by atoms with Gasteiger partial charge in [0.25, 0.3) is 0 Å². The molecule has 1 fully saturated rings. The zero-order chi connectivity index (χ0) is 20.9. The lowest BCUT2D eigenvalue weighted by atomic mass is 9.98. The van der Waals surface area contributed by atoms with Crippen molar-refractivity contribution in [3.8, 4) is 11.1 Å². The fourth-order valence-electron chi connectivity index (χ4n) is 3.79. The van der Waals surface area contributed by atoms with E-state index in [1.807, 2.05) is 50.8 Å². The summed E-state index contributed by atoms with van der Waals surface area (Å²) in [7, 11) is 3.97. The van der Waals surface area contributed by atoms with Gasteiger partial charge in [0.2, 0.25) is 5.56 Å². The van der Waals surface area contributed by atoms with E-state index >= 15 is 0 Å². The third-order valence-corrected chi connectivity index (χ3v) is 5.45. The quantitative estimate of drug-likeness (QED) is 0.530. The molecule has 0 aliphatic carbocycles. The fourth-order valence-corrected chi connectivity index (χ4v) is 3.79. The van der Waals surface area contributed by atoms with Crippen LogP contribution in [0.25, 0.3) is 11.1 Å². The van der Waals surface area contributed by atoms with Crippen LogP contribution in [0, 0.1) is 5.92 Å². The molecule has 4 rings (SSSR count). The van der Waals surface area contributed by atoms with Gasteiger partial charge in [-0.05, 0) is 48.6 Å². The molecule has 7 heteroatoms. The first kappa shape index (κ1) is 20.1. The van der Waals surface area contributed by atoms with E-state index < -0.39 is 0 Å². The number of aromatic amines is 1. The second-order valence-corrected chi connectivity index (χ2v) is 7.63. The smallest absolute Gasteiger partial charge is 0.247 e. The van der Waals surface area contributed by atoms with Crippen LogP contribution in [-0.4, -0.2) is 40.9 Å².